The molecule has 1 aliphatic heterocycles. The van der Waals surface area contributed by atoms with Crippen LogP contribution in [0.1, 0.15) is 31.2 Å². The number of carbonyl (C=O) groups is 1. The maximum atomic E-state index is 13.1. The van der Waals surface area contributed by atoms with E-state index < -0.39 is 29.9 Å². The maximum absolute atomic E-state index is 13.1. The molecule has 0 radical (unpaired) electrons. The number of ether oxygens (including phenoxy) is 1. The number of aliphatic hydroxyl groups excluding tert-OH is 1. The standard InChI is InChI=1S/C22H28ClF3N4O3/c1-13-10-20(22(24,25)26)28-30(13)12-18(27-21(32)14(2)31)15-6-8-29(9-7-15)16-4-5-17(23)19(11-16)33-3/h4-5,10-11,14-15,18,31H,6-9,12H2,1-3H3,(H,27,32). The molecule has 0 bridgehead atoms. The van der Waals surface area contributed by atoms with E-state index in [9.17, 15) is 23.1 Å². The van der Waals surface area contributed by atoms with Gasteiger partial charge < -0.3 is 20.1 Å². The van der Waals surface area contributed by atoms with Gasteiger partial charge in [0.1, 0.15) is 11.9 Å². The van der Waals surface area contributed by atoms with Gasteiger partial charge in [-0.2, -0.15) is 18.3 Å². The van der Waals surface area contributed by atoms with Crippen molar-refractivity contribution >= 4 is 23.2 Å². The molecule has 0 aliphatic carbocycles. The third kappa shape index (κ3) is 6.11. The lowest BCUT2D eigenvalue weighted by Gasteiger charge is -2.38. The van der Waals surface area contributed by atoms with E-state index in [4.69, 9.17) is 16.3 Å². The average Bonchev–Trinajstić information content (AvgIpc) is 3.14. The van der Waals surface area contributed by atoms with Gasteiger partial charge in [-0.25, -0.2) is 0 Å². The zero-order valence-corrected chi connectivity index (χ0v) is 19.5. The lowest BCUT2D eigenvalue weighted by molar-refractivity contribution is -0.141. The molecule has 1 saturated heterocycles. The van der Waals surface area contributed by atoms with Gasteiger partial charge >= 0.3 is 6.18 Å². The van der Waals surface area contributed by atoms with Gasteiger partial charge in [0.15, 0.2) is 5.69 Å². The first-order chi connectivity index (χ1) is 15.5. The van der Waals surface area contributed by atoms with E-state index in [1.807, 2.05) is 12.1 Å². The monoisotopic (exact) mass is 488 g/mol. The number of hydrogen-bond acceptors (Lipinski definition) is 5. The fourth-order valence-electron chi connectivity index (χ4n) is 4.04. The van der Waals surface area contributed by atoms with Crippen LogP contribution in [0.2, 0.25) is 5.02 Å². The van der Waals surface area contributed by atoms with E-state index in [0.717, 1.165) is 11.8 Å². The molecule has 182 valence electrons. The Morgan fingerprint density at radius 2 is 2.00 bits per heavy atom. The molecule has 7 nitrogen and oxygen atoms in total. The molecular formula is C22H28ClF3N4O3. The number of benzene rings is 1. The molecule has 2 heterocycles. The Kier molecular flexibility index (Phi) is 7.79. The van der Waals surface area contributed by atoms with E-state index in [1.54, 1.807) is 20.1 Å². The molecule has 0 spiro atoms. The predicted octanol–water partition coefficient (Wildman–Crippen LogP) is 3.65. The van der Waals surface area contributed by atoms with Gasteiger partial charge in [0.25, 0.3) is 0 Å². The lowest BCUT2D eigenvalue weighted by atomic mass is 9.88. The number of anilines is 1. The summed E-state index contributed by atoms with van der Waals surface area (Å²) in [7, 11) is 1.55. The van der Waals surface area contributed by atoms with Crippen molar-refractivity contribution in [2.75, 3.05) is 25.1 Å². The SMILES string of the molecule is COc1cc(N2CCC(C(Cn3nc(C(F)(F)F)cc3C)NC(=O)C(C)O)CC2)ccc1Cl. The molecule has 33 heavy (non-hydrogen) atoms. The third-order valence-electron chi connectivity index (χ3n) is 5.96. The van der Waals surface area contributed by atoms with Crippen molar-refractivity contribution in [3.05, 3.63) is 40.7 Å². The number of piperidine rings is 1. The second-order valence-corrected chi connectivity index (χ2v) is 8.69. The van der Waals surface area contributed by atoms with E-state index in [2.05, 4.69) is 15.3 Å². The highest BCUT2D eigenvalue weighted by Gasteiger charge is 2.35. The topological polar surface area (TPSA) is 79.6 Å². The van der Waals surface area contributed by atoms with Crippen LogP contribution in [0.4, 0.5) is 18.9 Å². The fraction of sp³-hybridized carbons (Fsp3) is 0.545. The first-order valence-electron chi connectivity index (χ1n) is 10.7. The van der Waals surface area contributed by atoms with Gasteiger partial charge in [-0.05, 0) is 50.8 Å². The number of amides is 1. The van der Waals surface area contributed by atoms with Crippen molar-refractivity contribution in [3.63, 3.8) is 0 Å². The van der Waals surface area contributed by atoms with Gasteiger partial charge in [-0.1, -0.05) is 11.6 Å². The summed E-state index contributed by atoms with van der Waals surface area (Å²) in [5, 5.41) is 16.7. The lowest BCUT2D eigenvalue weighted by Crippen LogP contribution is -2.49. The Hall–Kier alpha value is -2.46. The van der Waals surface area contributed by atoms with Crippen LogP contribution < -0.4 is 15.0 Å². The number of rotatable bonds is 7. The number of methoxy groups -OCH3 is 1. The van der Waals surface area contributed by atoms with Crippen LogP contribution in [-0.2, 0) is 17.5 Å². The number of halogens is 4. The Labute approximate surface area is 195 Å². The zero-order chi connectivity index (χ0) is 24.3. The van der Waals surface area contributed by atoms with Crippen LogP contribution in [0.15, 0.2) is 24.3 Å². The number of aliphatic hydroxyl groups is 1. The molecular weight excluding hydrogens is 461 g/mol. The van der Waals surface area contributed by atoms with Crippen LogP contribution in [0.3, 0.4) is 0 Å². The predicted molar refractivity (Wildman–Crippen MR) is 119 cm³/mol. The van der Waals surface area contributed by atoms with Gasteiger partial charge in [0.05, 0.1) is 24.7 Å². The summed E-state index contributed by atoms with van der Waals surface area (Å²) in [6.07, 6.45) is -4.37. The Morgan fingerprint density at radius 3 is 2.55 bits per heavy atom. The summed E-state index contributed by atoms with van der Waals surface area (Å²) in [6.45, 7) is 4.35. The maximum Gasteiger partial charge on any atom is 0.435 e. The molecule has 3 rings (SSSR count). The first-order valence-corrected chi connectivity index (χ1v) is 11.1. The quantitative estimate of drug-likeness (QED) is 0.622. The highest BCUT2D eigenvalue weighted by molar-refractivity contribution is 6.32. The second-order valence-electron chi connectivity index (χ2n) is 8.29. The summed E-state index contributed by atoms with van der Waals surface area (Å²) in [5.74, 6) is 0.00907. The van der Waals surface area contributed by atoms with Crippen LogP contribution >= 0.6 is 11.6 Å². The minimum absolute atomic E-state index is 0.00363. The first kappa shape index (κ1) is 25.2. The van der Waals surface area contributed by atoms with Crippen LogP contribution in [-0.4, -0.2) is 53.1 Å². The number of carbonyl (C=O) groups excluding carboxylic acids is 1. The molecule has 1 aromatic carbocycles. The highest BCUT2D eigenvalue weighted by atomic mass is 35.5. The number of alkyl halides is 3. The van der Waals surface area contributed by atoms with Crippen LogP contribution in [0.5, 0.6) is 5.75 Å². The van der Waals surface area contributed by atoms with E-state index >= 15 is 0 Å². The molecule has 1 fully saturated rings. The number of aromatic nitrogens is 2. The number of hydrogen-bond donors (Lipinski definition) is 2. The van der Waals surface area contributed by atoms with Gasteiger partial charge in [0, 0.05) is 30.5 Å². The van der Waals surface area contributed by atoms with E-state index in [1.165, 1.54) is 11.6 Å². The van der Waals surface area contributed by atoms with Gasteiger partial charge in [0.2, 0.25) is 5.91 Å². The fourth-order valence-corrected chi connectivity index (χ4v) is 4.24. The number of nitrogens with zero attached hydrogens (tertiary/aromatic N) is 3. The highest BCUT2D eigenvalue weighted by Crippen LogP contribution is 2.33. The normalized spacial score (nSPS) is 17.0. The van der Waals surface area contributed by atoms with E-state index in [0.29, 0.717) is 42.4 Å². The summed E-state index contributed by atoms with van der Waals surface area (Å²) in [5.41, 5.74) is 0.341. The van der Waals surface area contributed by atoms with Crippen LogP contribution in [0.25, 0.3) is 0 Å². The van der Waals surface area contributed by atoms with Crippen molar-refractivity contribution in [1.82, 2.24) is 15.1 Å². The largest absolute Gasteiger partial charge is 0.495 e. The minimum atomic E-state index is -4.54. The third-order valence-corrected chi connectivity index (χ3v) is 6.27. The molecule has 0 saturated carbocycles. The van der Waals surface area contributed by atoms with Crippen molar-refractivity contribution in [2.45, 2.75) is 51.6 Å². The molecule has 2 atom stereocenters. The van der Waals surface area contributed by atoms with E-state index in [-0.39, 0.29) is 12.5 Å². The molecule has 2 N–H and O–H groups in total. The van der Waals surface area contributed by atoms with Crippen molar-refractivity contribution < 1.29 is 27.8 Å². The Bertz CT molecular complexity index is 972. The Balaban J connectivity index is 1.74. The summed E-state index contributed by atoms with van der Waals surface area (Å²) >= 11 is 6.11. The average molecular weight is 489 g/mol. The molecule has 11 heteroatoms. The van der Waals surface area contributed by atoms with Crippen molar-refractivity contribution in [2.24, 2.45) is 5.92 Å². The summed E-state index contributed by atoms with van der Waals surface area (Å²) in [4.78, 5) is 14.4. The zero-order valence-electron chi connectivity index (χ0n) is 18.7. The molecule has 1 aromatic heterocycles. The smallest absolute Gasteiger partial charge is 0.435 e. The minimum Gasteiger partial charge on any atom is -0.495 e. The summed E-state index contributed by atoms with van der Waals surface area (Å²) in [6, 6.07) is 6.05. The number of aryl methyl sites for hydroxylation is 1. The molecule has 2 unspecified atom stereocenters. The number of nitrogens with one attached hydrogen (secondary N) is 1. The Morgan fingerprint density at radius 1 is 1.33 bits per heavy atom. The molecule has 1 aliphatic rings. The summed E-state index contributed by atoms with van der Waals surface area (Å²) < 4.78 is 45.8. The van der Waals surface area contributed by atoms with Gasteiger partial charge in [-0.3, -0.25) is 9.48 Å². The molecule has 2 aromatic rings. The van der Waals surface area contributed by atoms with Crippen molar-refractivity contribution in [1.29, 1.82) is 0 Å². The van der Waals surface area contributed by atoms with Gasteiger partial charge in [-0.15, -0.1) is 0 Å². The second kappa shape index (κ2) is 10.2. The molecule has 1 amide bonds. The van der Waals surface area contributed by atoms with Crippen LogP contribution in [0, 0.1) is 12.8 Å². The van der Waals surface area contributed by atoms with Crippen molar-refractivity contribution in [3.8, 4) is 5.75 Å².